The topological polar surface area (TPSA) is 94.2 Å². The Labute approximate surface area is 268 Å². The summed E-state index contributed by atoms with van der Waals surface area (Å²) in [5.74, 6) is 0.393. The van der Waals surface area contributed by atoms with Gasteiger partial charge in [-0.05, 0) is 98.6 Å². The number of allylic oxidation sites excluding steroid dienone is 4. The number of fused-ring (bicyclic) bond motifs is 2. The number of benzene rings is 1. The summed E-state index contributed by atoms with van der Waals surface area (Å²) in [5, 5.41) is -0.247. The lowest BCUT2D eigenvalue weighted by Crippen LogP contribution is -2.44. The molecule has 2 bridgehead atoms. The molecule has 1 aliphatic carbocycles. The van der Waals surface area contributed by atoms with Gasteiger partial charge >= 0.3 is 0 Å². The van der Waals surface area contributed by atoms with Crippen LogP contribution in [0.2, 0.25) is 0 Å². The van der Waals surface area contributed by atoms with E-state index in [1.54, 1.807) is 25.3 Å². The zero-order chi connectivity index (χ0) is 31.9. The van der Waals surface area contributed by atoms with Crippen molar-refractivity contribution in [3.05, 3.63) is 70.8 Å². The van der Waals surface area contributed by atoms with Gasteiger partial charge in [0.05, 0.1) is 18.4 Å². The molecule has 1 N–H and O–H groups in total. The van der Waals surface area contributed by atoms with Crippen LogP contribution in [-0.4, -0.2) is 66.2 Å². The fourth-order valence-electron chi connectivity index (χ4n) is 6.31. The first-order chi connectivity index (χ1) is 21.1. The quantitative estimate of drug-likeness (QED) is 0.379. The summed E-state index contributed by atoms with van der Waals surface area (Å²) in [6.07, 6.45) is 13.2. The van der Waals surface area contributed by atoms with E-state index in [9.17, 15) is 13.2 Å². The SMILES string of the molecule is C=C1COc2ccc3cc2N(CCCC/C1=C/C(Cl)=C\C)C[C@@H]1CC[C@H]1[C@@H](OC)/C=C/C[C@H](C)[C@H](COC)S(=O)(=O)NC3=O. The number of nitrogens with zero attached hydrogens (tertiary/aromatic N) is 1. The number of nitrogens with one attached hydrogen (secondary N) is 1. The van der Waals surface area contributed by atoms with Crippen molar-refractivity contribution >= 4 is 33.2 Å². The van der Waals surface area contributed by atoms with E-state index in [1.165, 1.54) is 7.11 Å². The van der Waals surface area contributed by atoms with Gasteiger partial charge in [0.2, 0.25) is 10.0 Å². The lowest BCUT2D eigenvalue weighted by atomic mass is 9.70. The molecule has 1 fully saturated rings. The van der Waals surface area contributed by atoms with Crippen molar-refractivity contribution < 1.29 is 27.4 Å². The molecule has 5 atom stereocenters. The molecule has 4 rings (SSSR count). The van der Waals surface area contributed by atoms with E-state index < -0.39 is 21.2 Å². The Balaban J connectivity index is 1.76. The van der Waals surface area contributed by atoms with Crippen LogP contribution in [0.1, 0.15) is 62.7 Å². The van der Waals surface area contributed by atoms with Crippen LogP contribution in [0, 0.1) is 17.8 Å². The molecule has 0 spiro atoms. The van der Waals surface area contributed by atoms with Gasteiger partial charge in [-0.1, -0.05) is 43.3 Å². The van der Waals surface area contributed by atoms with Crippen LogP contribution >= 0.6 is 11.6 Å². The van der Waals surface area contributed by atoms with E-state index in [0.717, 1.165) is 62.0 Å². The smallest absolute Gasteiger partial charge is 0.264 e. The number of carbonyl (C=O) groups is 1. The summed E-state index contributed by atoms with van der Waals surface area (Å²) in [6, 6.07) is 5.14. The second-order valence-corrected chi connectivity index (χ2v) is 14.5. The van der Waals surface area contributed by atoms with Crippen molar-refractivity contribution in [1.82, 2.24) is 4.72 Å². The molecule has 1 saturated carbocycles. The van der Waals surface area contributed by atoms with Crippen LogP contribution in [0.4, 0.5) is 5.69 Å². The van der Waals surface area contributed by atoms with Crippen LogP contribution in [0.15, 0.2) is 65.3 Å². The van der Waals surface area contributed by atoms with Gasteiger partial charge in [0.1, 0.15) is 17.6 Å². The zero-order valence-electron chi connectivity index (χ0n) is 26.4. The summed E-state index contributed by atoms with van der Waals surface area (Å²) < 4.78 is 46.9. The maximum atomic E-state index is 13.5. The normalized spacial score (nSPS) is 30.3. The van der Waals surface area contributed by atoms with Crippen molar-refractivity contribution in [2.45, 2.75) is 63.7 Å². The largest absolute Gasteiger partial charge is 0.487 e. The highest BCUT2D eigenvalue weighted by Crippen LogP contribution is 2.41. The molecule has 1 amide bonds. The number of amides is 1. The average Bonchev–Trinajstić information content (AvgIpc) is 3.01. The number of anilines is 1. The van der Waals surface area contributed by atoms with E-state index >= 15 is 0 Å². The van der Waals surface area contributed by atoms with Crippen LogP contribution in [0.5, 0.6) is 5.75 Å². The fourth-order valence-corrected chi connectivity index (χ4v) is 8.01. The first-order valence-electron chi connectivity index (χ1n) is 15.5. The maximum Gasteiger partial charge on any atom is 0.264 e. The number of hydrogen-bond donors (Lipinski definition) is 1. The summed E-state index contributed by atoms with van der Waals surface area (Å²) in [4.78, 5) is 15.8. The van der Waals surface area contributed by atoms with Crippen molar-refractivity contribution in [2.24, 2.45) is 17.8 Å². The number of hydrogen-bond acceptors (Lipinski definition) is 7. The van der Waals surface area contributed by atoms with Crippen LogP contribution in [-0.2, 0) is 19.5 Å². The Morgan fingerprint density at radius 2 is 2.05 bits per heavy atom. The number of ether oxygens (including phenoxy) is 3. The summed E-state index contributed by atoms with van der Waals surface area (Å²) in [5.41, 5.74) is 2.93. The van der Waals surface area contributed by atoms with Gasteiger partial charge in [0.25, 0.3) is 5.91 Å². The van der Waals surface area contributed by atoms with Gasteiger partial charge in [0.15, 0.2) is 0 Å². The van der Waals surface area contributed by atoms with Crippen molar-refractivity contribution in [1.29, 1.82) is 0 Å². The Morgan fingerprint density at radius 1 is 1.25 bits per heavy atom. The van der Waals surface area contributed by atoms with Gasteiger partial charge in [-0.25, -0.2) is 13.1 Å². The summed E-state index contributed by atoms with van der Waals surface area (Å²) in [6.45, 7) is 9.81. The minimum atomic E-state index is -4.04. The molecule has 2 aliphatic heterocycles. The van der Waals surface area contributed by atoms with Gasteiger partial charge < -0.3 is 19.1 Å². The molecular formula is C34H47ClN2O6S. The lowest BCUT2D eigenvalue weighted by Gasteiger charge is -2.43. The number of methoxy groups -OCH3 is 2. The molecule has 0 radical (unpaired) electrons. The number of carbonyl (C=O) groups excluding carboxylic acids is 1. The molecule has 3 aliphatic rings. The standard InChI is InChI=1S/C34H47ClN2O6S/c1-6-28(35)18-25-11-7-8-17-37-20-27-13-15-29(27)31(42-5)12-9-10-23(2)33(22-41-4)44(39,40)36-34(38)26-14-16-32(30(37)19-26)43-21-24(25)3/h6,9,12,14,16,18-19,23,27,29,31,33H,3,7-8,10-11,13,15,17,20-22H2,1-2,4-5H3,(H,36,38)/b12-9+,25-18-,28-6+/t23-,27-,29+,31-,33-/m0/s1. The molecular weight excluding hydrogens is 600 g/mol. The van der Waals surface area contributed by atoms with Crippen molar-refractivity contribution in [2.75, 3.05) is 45.4 Å². The fraction of sp³-hybridized carbons (Fsp3) is 0.559. The minimum absolute atomic E-state index is 0.0264. The molecule has 8 nitrogen and oxygen atoms in total. The van der Waals surface area contributed by atoms with Gasteiger partial charge in [-0.3, -0.25) is 4.79 Å². The average molecular weight is 647 g/mol. The Hall–Kier alpha value is -2.59. The number of rotatable bonds is 4. The zero-order valence-corrected chi connectivity index (χ0v) is 28.0. The second-order valence-electron chi connectivity index (χ2n) is 12.1. The molecule has 0 aromatic heterocycles. The highest BCUT2D eigenvalue weighted by molar-refractivity contribution is 7.90. The van der Waals surface area contributed by atoms with Crippen LogP contribution in [0.25, 0.3) is 0 Å². The van der Waals surface area contributed by atoms with E-state index in [0.29, 0.717) is 29.0 Å². The van der Waals surface area contributed by atoms with Crippen molar-refractivity contribution in [3.8, 4) is 5.75 Å². The monoisotopic (exact) mass is 646 g/mol. The van der Waals surface area contributed by atoms with Crippen molar-refractivity contribution in [3.63, 3.8) is 0 Å². The van der Waals surface area contributed by atoms with E-state index in [1.807, 2.05) is 32.1 Å². The first-order valence-corrected chi connectivity index (χ1v) is 17.5. The molecule has 242 valence electrons. The van der Waals surface area contributed by atoms with E-state index in [-0.39, 0.29) is 30.8 Å². The molecule has 44 heavy (non-hydrogen) atoms. The first kappa shape index (κ1) is 34.3. The maximum absolute atomic E-state index is 13.5. The molecule has 1 aromatic rings. The highest BCUT2D eigenvalue weighted by atomic mass is 35.5. The summed E-state index contributed by atoms with van der Waals surface area (Å²) in [7, 11) is -0.839. The Bertz CT molecular complexity index is 1390. The second kappa shape index (κ2) is 15.6. The van der Waals surface area contributed by atoms with Gasteiger partial charge in [-0.15, -0.1) is 0 Å². The number of sulfonamides is 1. The lowest BCUT2D eigenvalue weighted by molar-refractivity contribution is 0.0134. The third-order valence-corrected chi connectivity index (χ3v) is 11.4. The Kier molecular flexibility index (Phi) is 12.2. The van der Waals surface area contributed by atoms with Crippen LogP contribution < -0.4 is 14.4 Å². The van der Waals surface area contributed by atoms with Gasteiger partial charge in [-0.2, -0.15) is 0 Å². The Morgan fingerprint density at radius 3 is 2.73 bits per heavy atom. The van der Waals surface area contributed by atoms with Crippen LogP contribution in [0.3, 0.4) is 0 Å². The summed E-state index contributed by atoms with van der Waals surface area (Å²) >= 11 is 6.35. The predicted molar refractivity (Wildman–Crippen MR) is 177 cm³/mol. The number of halogens is 1. The van der Waals surface area contributed by atoms with E-state index in [2.05, 4.69) is 22.3 Å². The molecule has 10 heteroatoms. The predicted octanol–water partition coefficient (Wildman–Crippen LogP) is 6.39. The third-order valence-electron chi connectivity index (χ3n) is 9.19. The molecule has 1 aromatic carbocycles. The molecule has 0 unspecified atom stereocenters. The van der Waals surface area contributed by atoms with E-state index in [4.69, 9.17) is 25.8 Å². The highest BCUT2D eigenvalue weighted by Gasteiger charge is 2.38. The third kappa shape index (κ3) is 8.36. The van der Waals surface area contributed by atoms with Gasteiger partial charge in [0, 0.05) is 37.9 Å². The minimum Gasteiger partial charge on any atom is -0.487 e. The molecule has 2 heterocycles. The molecule has 0 saturated heterocycles.